The van der Waals surface area contributed by atoms with Crippen molar-refractivity contribution in [2.75, 3.05) is 0 Å². The van der Waals surface area contributed by atoms with Crippen LogP contribution in [0.4, 0.5) is 0 Å². The van der Waals surface area contributed by atoms with Gasteiger partial charge in [0.05, 0.1) is 0 Å². The highest BCUT2D eigenvalue weighted by Crippen LogP contribution is 2.46. The fraction of sp³-hybridized carbons (Fsp3) is 1.00. The summed E-state index contributed by atoms with van der Waals surface area (Å²) in [5.41, 5.74) is 7.15. The molecule has 1 unspecified atom stereocenters. The van der Waals surface area contributed by atoms with Crippen molar-refractivity contribution in [3.8, 4) is 0 Å². The number of hydrogen-bond donors (Lipinski definition) is 1. The molecule has 1 heteroatoms. The number of nitrogens with two attached hydrogens (primary N) is 1. The van der Waals surface area contributed by atoms with Crippen LogP contribution < -0.4 is 5.73 Å². The lowest BCUT2D eigenvalue weighted by Crippen LogP contribution is -2.48. The quantitative estimate of drug-likeness (QED) is 0.448. The topological polar surface area (TPSA) is 26.0 Å². The van der Waals surface area contributed by atoms with Gasteiger partial charge >= 0.3 is 0 Å². The molecule has 0 radical (unpaired) electrons. The van der Waals surface area contributed by atoms with E-state index in [2.05, 4.69) is 20.8 Å². The number of rotatable bonds is 11. The molecule has 1 aliphatic rings. The minimum Gasteiger partial charge on any atom is -0.325 e. The minimum atomic E-state index is 0.132. The van der Waals surface area contributed by atoms with Gasteiger partial charge in [0.2, 0.25) is 0 Å². The first-order valence-electron chi connectivity index (χ1n) is 9.31. The van der Waals surface area contributed by atoms with Crippen molar-refractivity contribution in [3.05, 3.63) is 0 Å². The Morgan fingerprint density at radius 1 is 0.750 bits per heavy atom. The zero-order chi connectivity index (χ0) is 14.9. The monoisotopic (exact) mass is 281 g/mol. The van der Waals surface area contributed by atoms with Crippen LogP contribution in [0.3, 0.4) is 0 Å². The van der Waals surface area contributed by atoms with Crippen molar-refractivity contribution in [1.29, 1.82) is 0 Å². The SMILES string of the molecule is CCCCCCCCCCCCC1(N)CCCC1(C)C. The average Bonchev–Trinajstić information content (AvgIpc) is 2.66. The lowest BCUT2D eigenvalue weighted by atomic mass is 9.73. The highest BCUT2D eigenvalue weighted by molar-refractivity contribution is 5.02. The molecule has 0 aromatic heterocycles. The molecule has 0 spiro atoms. The fourth-order valence-corrected chi connectivity index (χ4v) is 3.82. The Kier molecular flexibility index (Phi) is 8.17. The van der Waals surface area contributed by atoms with Crippen LogP contribution in [0, 0.1) is 5.41 Å². The van der Waals surface area contributed by atoms with Crippen molar-refractivity contribution in [3.63, 3.8) is 0 Å². The van der Waals surface area contributed by atoms with Gasteiger partial charge in [-0.3, -0.25) is 0 Å². The number of hydrogen-bond acceptors (Lipinski definition) is 1. The first-order valence-corrected chi connectivity index (χ1v) is 9.31. The second-order valence-electron chi connectivity index (χ2n) is 7.83. The molecule has 1 nitrogen and oxygen atoms in total. The average molecular weight is 282 g/mol. The summed E-state index contributed by atoms with van der Waals surface area (Å²) in [6.45, 7) is 7.03. The van der Waals surface area contributed by atoms with Crippen molar-refractivity contribution >= 4 is 0 Å². The third-order valence-corrected chi connectivity index (χ3v) is 5.75. The summed E-state index contributed by atoms with van der Waals surface area (Å²) < 4.78 is 0. The molecular weight excluding hydrogens is 242 g/mol. The van der Waals surface area contributed by atoms with Gasteiger partial charge in [-0.05, 0) is 24.7 Å². The molecule has 0 saturated heterocycles. The Balaban J connectivity index is 1.95. The smallest absolute Gasteiger partial charge is 0.0206 e. The molecule has 20 heavy (non-hydrogen) atoms. The predicted octanol–water partition coefficient (Wildman–Crippen LogP) is 6.21. The Morgan fingerprint density at radius 3 is 1.70 bits per heavy atom. The van der Waals surface area contributed by atoms with E-state index in [1.54, 1.807) is 0 Å². The lowest BCUT2D eigenvalue weighted by molar-refractivity contribution is 0.189. The Bertz CT molecular complexity index is 246. The van der Waals surface area contributed by atoms with E-state index in [9.17, 15) is 0 Å². The maximum absolute atomic E-state index is 6.65. The van der Waals surface area contributed by atoms with E-state index in [-0.39, 0.29) is 5.54 Å². The summed E-state index contributed by atoms with van der Waals surface area (Å²) in [4.78, 5) is 0. The van der Waals surface area contributed by atoms with Gasteiger partial charge in [0.1, 0.15) is 0 Å². The van der Waals surface area contributed by atoms with E-state index < -0.39 is 0 Å². The molecule has 0 bridgehead atoms. The van der Waals surface area contributed by atoms with Gasteiger partial charge in [0.15, 0.2) is 0 Å². The molecule has 0 amide bonds. The first-order chi connectivity index (χ1) is 9.52. The molecule has 2 N–H and O–H groups in total. The zero-order valence-electron chi connectivity index (χ0n) is 14.5. The highest BCUT2D eigenvalue weighted by atomic mass is 14.8. The molecule has 1 fully saturated rings. The van der Waals surface area contributed by atoms with Gasteiger partial charge in [-0.1, -0.05) is 91.4 Å². The van der Waals surface area contributed by atoms with Crippen LogP contribution >= 0.6 is 0 Å². The summed E-state index contributed by atoms with van der Waals surface area (Å²) in [6.07, 6.45) is 19.3. The number of unbranched alkanes of at least 4 members (excludes halogenated alkanes) is 9. The summed E-state index contributed by atoms with van der Waals surface area (Å²) in [7, 11) is 0. The van der Waals surface area contributed by atoms with Crippen LogP contribution in [0.15, 0.2) is 0 Å². The molecule has 0 aromatic rings. The molecule has 0 heterocycles. The summed E-state index contributed by atoms with van der Waals surface area (Å²) in [6, 6.07) is 0. The lowest BCUT2D eigenvalue weighted by Gasteiger charge is -2.38. The molecular formula is C19H39N. The third kappa shape index (κ3) is 5.76. The maximum Gasteiger partial charge on any atom is 0.0206 e. The highest BCUT2D eigenvalue weighted by Gasteiger charge is 2.44. The largest absolute Gasteiger partial charge is 0.325 e. The van der Waals surface area contributed by atoms with E-state index in [4.69, 9.17) is 5.73 Å². The van der Waals surface area contributed by atoms with Crippen molar-refractivity contribution < 1.29 is 0 Å². The molecule has 0 aromatic carbocycles. The van der Waals surface area contributed by atoms with Crippen LogP contribution in [-0.4, -0.2) is 5.54 Å². The molecule has 120 valence electrons. The van der Waals surface area contributed by atoms with Crippen LogP contribution in [0.1, 0.15) is 111 Å². The minimum absolute atomic E-state index is 0.132. The van der Waals surface area contributed by atoms with Gasteiger partial charge in [-0.2, -0.15) is 0 Å². The summed E-state index contributed by atoms with van der Waals surface area (Å²) in [5.74, 6) is 0. The normalized spacial score (nSPS) is 25.2. The Labute approximate surface area is 128 Å². The second-order valence-corrected chi connectivity index (χ2v) is 7.83. The second kappa shape index (κ2) is 9.07. The van der Waals surface area contributed by atoms with Gasteiger partial charge in [0, 0.05) is 5.54 Å². The van der Waals surface area contributed by atoms with E-state index in [0.29, 0.717) is 5.41 Å². The van der Waals surface area contributed by atoms with E-state index in [1.807, 2.05) is 0 Å². The Hall–Kier alpha value is -0.0400. The molecule has 1 aliphatic carbocycles. The fourth-order valence-electron chi connectivity index (χ4n) is 3.82. The van der Waals surface area contributed by atoms with Gasteiger partial charge in [-0.25, -0.2) is 0 Å². The summed E-state index contributed by atoms with van der Waals surface area (Å²) >= 11 is 0. The molecule has 1 atom stereocenters. The van der Waals surface area contributed by atoms with Crippen molar-refractivity contribution in [2.24, 2.45) is 11.1 Å². The van der Waals surface area contributed by atoms with E-state index in [1.165, 1.54) is 89.9 Å². The third-order valence-electron chi connectivity index (χ3n) is 5.75. The predicted molar refractivity (Wildman–Crippen MR) is 91.0 cm³/mol. The standard InChI is InChI=1S/C19H39N/c1-4-5-6-7-8-9-10-11-12-13-16-19(20)17-14-15-18(19,2)3/h4-17,20H2,1-3H3. The van der Waals surface area contributed by atoms with E-state index >= 15 is 0 Å². The molecule has 1 rings (SSSR count). The Morgan fingerprint density at radius 2 is 1.25 bits per heavy atom. The zero-order valence-corrected chi connectivity index (χ0v) is 14.5. The van der Waals surface area contributed by atoms with Crippen LogP contribution in [-0.2, 0) is 0 Å². The van der Waals surface area contributed by atoms with Crippen LogP contribution in [0.2, 0.25) is 0 Å². The molecule has 0 aliphatic heterocycles. The molecule has 1 saturated carbocycles. The van der Waals surface area contributed by atoms with Crippen LogP contribution in [0.25, 0.3) is 0 Å². The van der Waals surface area contributed by atoms with Crippen molar-refractivity contribution in [1.82, 2.24) is 0 Å². The van der Waals surface area contributed by atoms with Crippen molar-refractivity contribution in [2.45, 2.75) is 116 Å². The van der Waals surface area contributed by atoms with Gasteiger partial charge in [0.25, 0.3) is 0 Å². The summed E-state index contributed by atoms with van der Waals surface area (Å²) in [5, 5.41) is 0. The van der Waals surface area contributed by atoms with Crippen LogP contribution in [0.5, 0.6) is 0 Å². The van der Waals surface area contributed by atoms with Gasteiger partial charge < -0.3 is 5.73 Å². The van der Waals surface area contributed by atoms with Gasteiger partial charge in [-0.15, -0.1) is 0 Å². The van der Waals surface area contributed by atoms with E-state index in [0.717, 1.165) is 0 Å². The maximum atomic E-state index is 6.65. The first kappa shape index (κ1) is 18.0.